The van der Waals surface area contributed by atoms with E-state index in [9.17, 15) is 0 Å². The number of methoxy groups -OCH3 is 1. The van der Waals surface area contributed by atoms with Gasteiger partial charge in [0, 0.05) is 5.41 Å². The van der Waals surface area contributed by atoms with Crippen molar-refractivity contribution >= 4 is 11.0 Å². The van der Waals surface area contributed by atoms with Crippen molar-refractivity contribution in [2.24, 2.45) is 0 Å². The summed E-state index contributed by atoms with van der Waals surface area (Å²) in [5.74, 6) is 0.666. The van der Waals surface area contributed by atoms with Crippen molar-refractivity contribution in [3.05, 3.63) is 29.5 Å². The van der Waals surface area contributed by atoms with Crippen LogP contribution in [0.2, 0.25) is 0 Å². The van der Waals surface area contributed by atoms with Gasteiger partial charge in [-0.05, 0) is 29.9 Å². The fraction of sp³-hybridized carbons (Fsp3) is 0.667. The molecule has 27 heavy (non-hydrogen) atoms. The number of aromatic nitrogens is 2. The number of hydrogen-bond acceptors (Lipinski definition) is 3. The van der Waals surface area contributed by atoms with Crippen molar-refractivity contribution in [3.8, 4) is 5.88 Å². The predicted molar refractivity (Wildman–Crippen MR) is 116 cm³/mol. The maximum absolute atomic E-state index is 5.63. The number of benzene rings is 1. The Morgan fingerprint density at radius 2 is 1.59 bits per heavy atom. The van der Waals surface area contributed by atoms with E-state index in [1.807, 2.05) is 0 Å². The predicted octanol–water partition coefficient (Wildman–Crippen LogP) is 6.96. The minimum absolute atomic E-state index is 0.0559. The Hall–Kier alpha value is -1.64. The van der Waals surface area contributed by atoms with Gasteiger partial charge in [-0.15, -0.1) is 0 Å². The summed E-state index contributed by atoms with van der Waals surface area (Å²) in [4.78, 5) is 10.0. The lowest BCUT2D eigenvalue weighted by atomic mass is 9.79. The van der Waals surface area contributed by atoms with Crippen LogP contribution >= 0.6 is 0 Å². The van der Waals surface area contributed by atoms with Gasteiger partial charge in [-0.25, -0.2) is 9.97 Å². The van der Waals surface area contributed by atoms with Gasteiger partial charge in [0.05, 0.1) is 18.1 Å². The zero-order valence-corrected chi connectivity index (χ0v) is 18.5. The van der Waals surface area contributed by atoms with Crippen LogP contribution in [0.1, 0.15) is 97.7 Å². The van der Waals surface area contributed by atoms with E-state index in [4.69, 9.17) is 14.7 Å². The Balaban J connectivity index is 2.52. The molecule has 150 valence electrons. The van der Waals surface area contributed by atoms with E-state index in [2.05, 4.69) is 59.7 Å². The Bertz CT molecular complexity index is 749. The molecule has 0 unspecified atom stereocenters. The van der Waals surface area contributed by atoms with Crippen LogP contribution in [0.4, 0.5) is 0 Å². The quantitative estimate of drug-likeness (QED) is 0.424. The standard InChI is InChI=1S/C24H38N2O/c1-8-10-11-12-17-23(3,4)18-14-13-15-19-20(18)26-21(22(25-19)27-7)24(5,6)16-9-2/h13-15H,8-12,16-17H2,1-7H3. The highest BCUT2D eigenvalue weighted by molar-refractivity contribution is 5.80. The highest BCUT2D eigenvalue weighted by Crippen LogP contribution is 2.38. The fourth-order valence-electron chi connectivity index (χ4n) is 4.06. The summed E-state index contributed by atoms with van der Waals surface area (Å²) < 4.78 is 5.63. The monoisotopic (exact) mass is 370 g/mol. The Morgan fingerprint density at radius 3 is 2.22 bits per heavy atom. The van der Waals surface area contributed by atoms with Gasteiger partial charge in [0.2, 0.25) is 5.88 Å². The van der Waals surface area contributed by atoms with Crippen molar-refractivity contribution in [3.63, 3.8) is 0 Å². The average Bonchev–Trinajstić information content (AvgIpc) is 2.63. The van der Waals surface area contributed by atoms with E-state index in [-0.39, 0.29) is 10.8 Å². The molecule has 0 radical (unpaired) electrons. The number of para-hydroxylation sites is 1. The molecular weight excluding hydrogens is 332 g/mol. The molecule has 0 saturated carbocycles. The Labute approximate surface area is 166 Å². The highest BCUT2D eigenvalue weighted by atomic mass is 16.5. The largest absolute Gasteiger partial charge is 0.480 e. The normalized spacial score (nSPS) is 12.6. The van der Waals surface area contributed by atoms with Crippen LogP contribution in [0.15, 0.2) is 18.2 Å². The first-order valence-corrected chi connectivity index (χ1v) is 10.6. The van der Waals surface area contributed by atoms with Crippen molar-refractivity contribution in [2.45, 2.75) is 97.3 Å². The number of ether oxygens (including phenoxy) is 1. The van der Waals surface area contributed by atoms with Crippen LogP contribution in [0.25, 0.3) is 11.0 Å². The van der Waals surface area contributed by atoms with Crippen molar-refractivity contribution in [1.82, 2.24) is 9.97 Å². The lowest BCUT2D eigenvalue weighted by Gasteiger charge is -2.29. The molecule has 0 fully saturated rings. The van der Waals surface area contributed by atoms with Crippen molar-refractivity contribution in [2.75, 3.05) is 7.11 Å². The van der Waals surface area contributed by atoms with Crippen LogP contribution < -0.4 is 4.74 Å². The van der Waals surface area contributed by atoms with E-state index in [0.29, 0.717) is 5.88 Å². The van der Waals surface area contributed by atoms with Crippen LogP contribution in [-0.2, 0) is 10.8 Å². The van der Waals surface area contributed by atoms with Gasteiger partial charge in [-0.3, -0.25) is 0 Å². The Morgan fingerprint density at radius 1 is 0.852 bits per heavy atom. The summed E-state index contributed by atoms with van der Waals surface area (Å²) in [5.41, 5.74) is 4.29. The van der Waals surface area contributed by atoms with E-state index < -0.39 is 0 Å². The summed E-state index contributed by atoms with van der Waals surface area (Å²) in [6.45, 7) is 13.7. The smallest absolute Gasteiger partial charge is 0.236 e. The molecule has 0 aliphatic rings. The van der Waals surface area contributed by atoms with Crippen LogP contribution in [0.3, 0.4) is 0 Å². The van der Waals surface area contributed by atoms with Crippen molar-refractivity contribution in [1.29, 1.82) is 0 Å². The molecule has 2 aromatic rings. The summed E-state index contributed by atoms with van der Waals surface area (Å²) in [6, 6.07) is 6.40. The van der Waals surface area contributed by atoms with Gasteiger partial charge in [0.25, 0.3) is 0 Å². The molecular formula is C24H38N2O. The second-order valence-corrected chi connectivity index (χ2v) is 9.08. The zero-order valence-electron chi connectivity index (χ0n) is 18.5. The van der Waals surface area contributed by atoms with E-state index in [1.165, 1.54) is 37.7 Å². The number of unbranched alkanes of at least 4 members (excludes halogenated alkanes) is 3. The molecule has 0 aliphatic heterocycles. The second-order valence-electron chi connectivity index (χ2n) is 9.08. The molecule has 0 N–H and O–H groups in total. The third-order valence-corrected chi connectivity index (χ3v) is 5.76. The molecule has 3 heteroatoms. The van der Waals surface area contributed by atoms with Crippen LogP contribution in [0, 0.1) is 0 Å². The van der Waals surface area contributed by atoms with Gasteiger partial charge in [0.15, 0.2) is 0 Å². The minimum atomic E-state index is -0.0559. The summed E-state index contributed by atoms with van der Waals surface area (Å²) in [6.07, 6.45) is 8.50. The highest BCUT2D eigenvalue weighted by Gasteiger charge is 2.29. The molecule has 0 saturated heterocycles. The van der Waals surface area contributed by atoms with Gasteiger partial charge in [0.1, 0.15) is 5.69 Å². The molecule has 1 aromatic heterocycles. The zero-order chi connectivity index (χ0) is 20.1. The second kappa shape index (κ2) is 9.03. The maximum Gasteiger partial charge on any atom is 0.236 e. The summed E-state index contributed by atoms with van der Waals surface area (Å²) in [5, 5.41) is 0. The molecule has 0 bridgehead atoms. The first-order valence-electron chi connectivity index (χ1n) is 10.6. The number of rotatable bonds is 10. The summed E-state index contributed by atoms with van der Waals surface area (Å²) >= 11 is 0. The molecule has 2 rings (SSSR count). The molecule has 3 nitrogen and oxygen atoms in total. The van der Waals surface area contributed by atoms with Crippen LogP contribution in [0.5, 0.6) is 5.88 Å². The van der Waals surface area contributed by atoms with Crippen LogP contribution in [-0.4, -0.2) is 17.1 Å². The van der Waals surface area contributed by atoms with Gasteiger partial charge >= 0.3 is 0 Å². The summed E-state index contributed by atoms with van der Waals surface area (Å²) in [7, 11) is 1.70. The molecule has 0 spiro atoms. The van der Waals surface area contributed by atoms with E-state index in [1.54, 1.807) is 7.11 Å². The molecule has 0 atom stereocenters. The first kappa shape index (κ1) is 21.7. The minimum Gasteiger partial charge on any atom is -0.480 e. The molecule has 0 amide bonds. The molecule has 0 aliphatic carbocycles. The topological polar surface area (TPSA) is 35.0 Å². The van der Waals surface area contributed by atoms with Gasteiger partial charge < -0.3 is 4.74 Å². The SMILES string of the molecule is CCCCCCC(C)(C)c1cccc2nc(OC)c(C(C)(C)CCC)nc12. The van der Waals surface area contributed by atoms with E-state index >= 15 is 0 Å². The van der Waals surface area contributed by atoms with E-state index in [0.717, 1.165) is 29.6 Å². The number of nitrogens with zero attached hydrogens (tertiary/aromatic N) is 2. The number of hydrogen-bond donors (Lipinski definition) is 0. The lowest BCUT2D eigenvalue weighted by Crippen LogP contribution is -2.22. The lowest BCUT2D eigenvalue weighted by molar-refractivity contribution is 0.363. The molecule has 1 aromatic carbocycles. The third kappa shape index (κ3) is 5.00. The first-order chi connectivity index (χ1) is 12.8. The van der Waals surface area contributed by atoms with Gasteiger partial charge in [-0.2, -0.15) is 0 Å². The van der Waals surface area contributed by atoms with Gasteiger partial charge in [-0.1, -0.05) is 85.8 Å². The maximum atomic E-state index is 5.63. The molecule has 1 heterocycles. The number of fused-ring (bicyclic) bond motifs is 1. The Kier molecular flexibility index (Phi) is 7.25. The average molecular weight is 371 g/mol. The fourth-order valence-corrected chi connectivity index (χ4v) is 4.06. The third-order valence-electron chi connectivity index (χ3n) is 5.76. The van der Waals surface area contributed by atoms with Crippen molar-refractivity contribution < 1.29 is 4.74 Å².